The van der Waals surface area contributed by atoms with Gasteiger partial charge in [0.2, 0.25) is 0 Å². The summed E-state index contributed by atoms with van der Waals surface area (Å²) in [4.78, 5) is 4.28. The van der Waals surface area contributed by atoms with Crippen LogP contribution in [0.1, 0.15) is 25.3 Å². The first-order valence-electron chi connectivity index (χ1n) is 8.86. The van der Waals surface area contributed by atoms with Gasteiger partial charge in [-0.1, -0.05) is 6.07 Å². The van der Waals surface area contributed by atoms with E-state index in [9.17, 15) is 18.3 Å². The fourth-order valence-corrected chi connectivity index (χ4v) is 2.62. The summed E-state index contributed by atoms with van der Waals surface area (Å²) < 4.78 is 43.3. The van der Waals surface area contributed by atoms with Crippen LogP contribution in [0.25, 0.3) is 0 Å². The van der Waals surface area contributed by atoms with Crippen molar-refractivity contribution in [1.82, 2.24) is 10.6 Å². The highest BCUT2D eigenvalue weighted by molar-refractivity contribution is 7.98. The van der Waals surface area contributed by atoms with Gasteiger partial charge >= 0.3 is 6.18 Å². The third-order valence-corrected chi connectivity index (χ3v) is 4.17. The lowest BCUT2D eigenvalue weighted by molar-refractivity contribution is -0.137. The van der Waals surface area contributed by atoms with E-state index in [-0.39, 0.29) is 18.9 Å². The number of thioether (sulfide) groups is 1. The lowest BCUT2D eigenvalue weighted by Gasteiger charge is -2.14. The van der Waals surface area contributed by atoms with Gasteiger partial charge in [0.05, 0.1) is 12.1 Å². The van der Waals surface area contributed by atoms with Crippen molar-refractivity contribution in [2.45, 2.75) is 32.0 Å². The minimum Gasteiger partial charge on any atom is -0.491 e. The molecule has 3 N–H and O–H groups in total. The van der Waals surface area contributed by atoms with Crippen molar-refractivity contribution in [3.63, 3.8) is 0 Å². The Labute approximate surface area is 162 Å². The Balaban J connectivity index is 2.44. The number of unbranched alkanes of at least 4 members (excludes halogenated alkanes) is 1. The van der Waals surface area contributed by atoms with Crippen LogP contribution in [0.5, 0.6) is 5.75 Å². The van der Waals surface area contributed by atoms with Gasteiger partial charge in [0.1, 0.15) is 18.5 Å². The number of nitrogens with zero attached hydrogens (tertiary/aromatic N) is 1. The second-order valence-corrected chi connectivity index (χ2v) is 6.82. The van der Waals surface area contributed by atoms with Gasteiger partial charge in [0.25, 0.3) is 0 Å². The Bertz CT molecular complexity index is 571. The molecule has 154 valence electrons. The number of rotatable bonds is 11. The smallest absolute Gasteiger partial charge is 0.416 e. The number of hydrogen-bond acceptors (Lipinski definition) is 4. The van der Waals surface area contributed by atoms with Gasteiger partial charge in [-0.25, -0.2) is 0 Å². The number of halogens is 3. The second-order valence-electron chi connectivity index (χ2n) is 5.84. The highest BCUT2D eigenvalue weighted by Crippen LogP contribution is 2.31. The zero-order valence-corrected chi connectivity index (χ0v) is 16.5. The topological polar surface area (TPSA) is 65.9 Å². The average molecular weight is 408 g/mol. The maximum absolute atomic E-state index is 12.7. The molecule has 1 aromatic rings. The minimum absolute atomic E-state index is 0.0617. The van der Waals surface area contributed by atoms with Gasteiger partial charge in [0.15, 0.2) is 5.96 Å². The number of hydrogen-bond donors (Lipinski definition) is 3. The van der Waals surface area contributed by atoms with Crippen LogP contribution in [0, 0.1) is 0 Å². The maximum Gasteiger partial charge on any atom is 0.416 e. The van der Waals surface area contributed by atoms with Crippen LogP contribution < -0.4 is 15.4 Å². The quantitative estimate of drug-likeness (QED) is 0.299. The summed E-state index contributed by atoms with van der Waals surface area (Å²) in [7, 11) is 0. The zero-order valence-electron chi connectivity index (χ0n) is 15.7. The molecule has 9 heteroatoms. The third-order valence-electron chi connectivity index (χ3n) is 3.48. The van der Waals surface area contributed by atoms with Crippen LogP contribution in [0.3, 0.4) is 0 Å². The highest BCUT2D eigenvalue weighted by Gasteiger charge is 2.30. The first-order valence-corrected chi connectivity index (χ1v) is 10.3. The summed E-state index contributed by atoms with van der Waals surface area (Å²) >= 11 is 1.81. The predicted molar refractivity (Wildman–Crippen MR) is 105 cm³/mol. The standard InChI is InChI=1S/C18H28F3N3O2S/c1-3-22-17(23-9-4-5-10-27-2)24-12-15(25)13-26-16-8-6-7-14(11-16)18(19,20)21/h6-8,11,15,25H,3-5,9-10,12-13H2,1-2H3,(H2,22,23,24). The zero-order chi connectivity index (χ0) is 20.1. The number of ether oxygens (including phenoxy) is 1. The summed E-state index contributed by atoms with van der Waals surface area (Å²) in [5.41, 5.74) is -0.785. The molecule has 0 spiro atoms. The minimum atomic E-state index is -4.43. The molecule has 0 heterocycles. The molecule has 0 fully saturated rings. The van der Waals surface area contributed by atoms with Crippen LogP contribution in [0.15, 0.2) is 29.3 Å². The molecule has 5 nitrogen and oxygen atoms in total. The molecule has 0 aromatic heterocycles. The Hall–Kier alpha value is -1.61. The fraction of sp³-hybridized carbons (Fsp3) is 0.611. The van der Waals surface area contributed by atoms with Crippen LogP contribution in [0.4, 0.5) is 13.2 Å². The molecule has 0 saturated heterocycles. The Morgan fingerprint density at radius 2 is 2.07 bits per heavy atom. The number of aliphatic imine (C=N–C) groups is 1. The molecule has 0 aliphatic heterocycles. The van der Waals surface area contributed by atoms with Crippen LogP contribution >= 0.6 is 11.8 Å². The molecule has 1 aromatic carbocycles. The van der Waals surface area contributed by atoms with Gasteiger partial charge in [0, 0.05) is 13.1 Å². The van der Waals surface area contributed by atoms with E-state index >= 15 is 0 Å². The van der Waals surface area contributed by atoms with Crippen molar-refractivity contribution in [2.24, 2.45) is 4.99 Å². The van der Waals surface area contributed by atoms with E-state index in [1.807, 2.05) is 18.7 Å². The molecule has 1 unspecified atom stereocenters. The van der Waals surface area contributed by atoms with E-state index in [0.717, 1.165) is 37.3 Å². The summed E-state index contributed by atoms with van der Waals surface area (Å²) in [5, 5.41) is 16.3. The van der Waals surface area contributed by atoms with Gasteiger partial charge in [-0.15, -0.1) is 0 Å². The van der Waals surface area contributed by atoms with Gasteiger partial charge in [-0.2, -0.15) is 24.9 Å². The molecular formula is C18H28F3N3O2S. The van der Waals surface area contributed by atoms with Crippen molar-refractivity contribution in [3.8, 4) is 5.75 Å². The number of alkyl halides is 3. The molecule has 0 bridgehead atoms. The monoisotopic (exact) mass is 407 g/mol. The van der Waals surface area contributed by atoms with E-state index in [1.54, 1.807) is 0 Å². The van der Waals surface area contributed by atoms with E-state index in [0.29, 0.717) is 12.5 Å². The first kappa shape index (κ1) is 23.4. The molecule has 0 radical (unpaired) electrons. The van der Waals surface area contributed by atoms with E-state index in [1.165, 1.54) is 12.1 Å². The maximum atomic E-state index is 12.7. The SMILES string of the molecule is CCNC(=NCC(O)COc1cccc(C(F)(F)F)c1)NCCCCSC. The molecule has 27 heavy (non-hydrogen) atoms. The van der Waals surface area contributed by atoms with Crippen molar-refractivity contribution in [1.29, 1.82) is 0 Å². The van der Waals surface area contributed by atoms with Gasteiger partial charge in [-0.05, 0) is 50.0 Å². The summed E-state index contributed by atoms with van der Waals surface area (Å²) in [5.74, 6) is 1.77. The normalized spacial score (nSPS) is 13.3. The van der Waals surface area contributed by atoms with Crippen molar-refractivity contribution in [2.75, 3.05) is 38.2 Å². The average Bonchev–Trinajstić information content (AvgIpc) is 2.63. The lowest BCUT2D eigenvalue weighted by atomic mass is 10.2. The fourth-order valence-electron chi connectivity index (χ4n) is 2.12. The second kappa shape index (κ2) is 12.7. The predicted octanol–water partition coefficient (Wildman–Crippen LogP) is 3.14. The van der Waals surface area contributed by atoms with Crippen LogP contribution in [0.2, 0.25) is 0 Å². The van der Waals surface area contributed by atoms with Crippen molar-refractivity contribution >= 4 is 17.7 Å². The molecule has 0 amide bonds. The lowest BCUT2D eigenvalue weighted by Crippen LogP contribution is -2.38. The summed E-state index contributed by atoms with van der Waals surface area (Å²) in [6.07, 6.45) is -1.15. The van der Waals surface area contributed by atoms with Crippen LogP contribution in [-0.2, 0) is 6.18 Å². The Morgan fingerprint density at radius 1 is 1.30 bits per heavy atom. The largest absolute Gasteiger partial charge is 0.491 e. The molecule has 0 saturated carbocycles. The third kappa shape index (κ3) is 10.3. The summed E-state index contributed by atoms with van der Waals surface area (Å²) in [6, 6.07) is 4.58. The van der Waals surface area contributed by atoms with E-state index in [4.69, 9.17) is 4.74 Å². The van der Waals surface area contributed by atoms with E-state index in [2.05, 4.69) is 21.9 Å². The van der Waals surface area contributed by atoms with E-state index < -0.39 is 17.8 Å². The summed E-state index contributed by atoms with van der Waals surface area (Å²) in [6.45, 7) is 3.35. The number of benzene rings is 1. The first-order chi connectivity index (χ1) is 12.9. The molecule has 0 aliphatic rings. The Kier molecular flexibility index (Phi) is 11.0. The number of guanidine groups is 1. The molecule has 1 rings (SSSR count). The van der Waals surface area contributed by atoms with Crippen LogP contribution in [-0.4, -0.2) is 55.4 Å². The van der Waals surface area contributed by atoms with Crippen molar-refractivity contribution in [3.05, 3.63) is 29.8 Å². The molecule has 0 aliphatic carbocycles. The molecular weight excluding hydrogens is 379 g/mol. The number of aliphatic hydroxyl groups is 1. The van der Waals surface area contributed by atoms with Gasteiger partial charge in [-0.3, -0.25) is 4.99 Å². The highest BCUT2D eigenvalue weighted by atomic mass is 32.2. The molecule has 1 atom stereocenters. The number of aliphatic hydroxyl groups excluding tert-OH is 1. The van der Waals surface area contributed by atoms with Crippen molar-refractivity contribution < 1.29 is 23.0 Å². The number of nitrogens with one attached hydrogen (secondary N) is 2. The van der Waals surface area contributed by atoms with Gasteiger partial charge < -0.3 is 20.5 Å². The Morgan fingerprint density at radius 3 is 2.74 bits per heavy atom.